The minimum absolute atomic E-state index is 0.0768. The number of alkyl halides is 1. The van der Waals surface area contributed by atoms with E-state index >= 15 is 0 Å². The number of imidazole rings is 1. The summed E-state index contributed by atoms with van der Waals surface area (Å²) in [4.78, 5) is 41.3. The molecule has 42 heavy (non-hydrogen) atoms. The fourth-order valence-electron chi connectivity index (χ4n) is 4.83. The second-order valence-corrected chi connectivity index (χ2v) is 12.7. The molecule has 0 aromatic carbocycles. The summed E-state index contributed by atoms with van der Waals surface area (Å²) < 4.78 is 36.5. The van der Waals surface area contributed by atoms with Crippen molar-refractivity contribution < 1.29 is 28.2 Å². The number of nitrogens with zero attached hydrogens (tertiary/aromatic N) is 3. The zero-order valence-electron chi connectivity index (χ0n) is 25.4. The molecule has 0 aliphatic heterocycles. The maximum Gasteiger partial charge on any atom is 0.350 e. The summed E-state index contributed by atoms with van der Waals surface area (Å²) in [6.07, 6.45) is 20.6. The van der Waals surface area contributed by atoms with Crippen LogP contribution in [0.25, 0.3) is 11.2 Å². The zero-order valence-corrected chi connectivity index (χ0v) is 26.3. The molecule has 242 valence electrons. The Morgan fingerprint density at radius 1 is 0.952 bits per heavy atom. The number of anilines is 1. The molecule has 0 aliphatic rings. The summed E-state index contributed by atoms with van der Waals surface area (Å²) in [6, 6.07) is 0. The number of hydrogen-bond acceptors (Lipinski definition) is 7. The van der Waals surface area contributed by atoms with Gasteiger partial charge in [0.25, 0.3) is 5.56 Å². The highest BCUT2D eigenvalue weighted by atomic mass is 31.2. The van der Waals surface area contributed by atoms with E-state index in [9.17, 15) is 13.8 Å². The highest BCUT2D eigenvalue weighted by Crippen LogP contribution is 2.34. The van der Waals surface area contributed by atoms with Crippen LogP contribution in [0.15, 0.2) is 11.1 Å². The van der Waals surface area contributed by atoms with Crippen LogP contribution < -0.4 is 10.9 Å². The zero-order chi connectivity index (χ0) is 30.5. The van der Waals surface area contributed by atoms with Crippen molar-refractivity contribution in [2.45, 2.75) is 122 Å². The summed E-state index contributed by atoms with van der Waals surface area (Å²) in [6.45, 7) is 2.79. The van der Waals surface area contributed by atoms with Crippen LogP contribution in [0.5, 0.6) is 0 Å². The van der Waals surface area contributed by atoms with Gasteiger partial charge in [-0.15, -0.1) is 0 Å². The van der Waals surface area contributed by atoms with E-state index in [0.717, 1.165) is 6.42 Å². The molecule has 1 atom stereocenters. The molecular weight excluding hydrogens is 564 g/mol. The van der Waals surface area contributed by atoms with E-state index in [2.05, 4.69) is 27.2 Å². The third-order valence-corrected chi connectivity index (χ3v) is 7.69. The molecule has 0 radical (unpaired) electrons. The molecule has 2 aromatic heterocycles. The van der Waals surface area contributed by atoms with Crippen molar-refractivity contribution in [3.8, 4) is 0 Å². The lowest BCUT2D eigenvalue weighted by Gasteiger charge is -2.16. The van der Waals surface area contributed by atoms with Gasteiger partial charge in [0.1, 0.15) is 19.1 Å². The summed E-state index contributed by atoms with van der Waals surface area (Å²) >= 11 is 0. The van der Waals surface area contributed by atoms with Gasteiger partial charge in [-0.3, -0.25) is 14.3 Å². The standard InChI is InChI=1S/C29H53FN5O6P/c1-2-3-4-5-6-7-8-9-10-11-12-13-14-15-16-17-19-40-20-18-31-29-33-27-26(28(36)34-29)32-23-35(27)22-25(21-30)41-24-42(37,38)39/h23,25H,2-22,24H2,1H3,(H2,37,38,39)(H2,31,33,34,36)/t25-/m1/s1. The maximum atomic E-state index is 13.3. The fourth-order valence-corrected chi connectivity index (χ4v) is 5.24. The second kappa shape index (κ2) is 21.8. The first-order valence-electron chi connectivity index (χ1n) is 15.8. The number of hydrogen-bond donors (Lipinski definition) is 4. The summed E-state index contributed by atoms with van der Waals surface area (Å²) in [7, 11) is -4.43. The molecule has 0 aliphatic carbocycles. The highest BCUT2D eigenvalue weighted by molar-refractivity contribution is 7.51. The molecule has 0 fully saturated rings. The Labute approximate surface area is 249 Å². The number of halogens is 1. The van der Waals surface area contributed by atoms with Gasteiger partial charge in [0.15, 0.2) is 11.2 Å². The normalized spacial score (nSPS) is 12.8. The van der Waals surface area contributed by atoms with Crippen LogP contribution in [0.2, 0.25) is 0 Å². The Balaban J connectivity index is 1.51. The molecule has 0 saturated heterocycles. The fraction of sp³-hybridized carbons (Fsp3) is 0.828. The van der Waals surface area contributed by atoms with E-state index in [1.807, 2.05) is 0 Å². The Hall–Kier alpha value is -1.85. The predicted molar refractivity (Wildman–Crippen MR) is 165 cm³/mol. The van der Waals surface area contributed by atoms with Gasteiger partial charge in [-0.2, -0.15) is 4.98 Å². The quantitative estimate of drug-likeness (QED) is 0.0669. The number of nitrogens with one attached hydrogen (secondary N) is 2. The van der Waals surface area contributed by atoms with Crippen LogP contribution in [0, 0.1) is 0 Å². The number of H-pyrrole nitrogens is 1. The van der Waals surface area contributed by atoms with E-state index < -0.39 is 32.3 Å². The number of unbranched alkanes of at least 4 members (excludes halogenated alkanes) is 15. The number of ether oxygens (including phenoxy) is 2. The summed E-state index contributed by atoms with van der Waals surface area (Å²) in [5, 5.41) is 3.02. The van der Waals surface area contributed by atoms with E-state index in [-0.39, 0.29) is 23.7 Å². The van der Waals surface area contributed by atoms with Crippen LogP contribution in [-0.4, -0.2) is 68.2 Å². The highest BCUT2D eigenvalue weighted by Gasteiger charge is 2.20. The van der Waals surface area contributed by atoms with Gasteiger partial charge in [-0.25, -0.2) is 9.37 Å². The van der Waals surface area contributed by atoms with Crippen molar-refractivity contribution in [1.29, 1.82) is 0 Å². The summed E-state index contributed by atoms with van der Waals surface area (Å²) in [5.41, 5.74) is -0.162. The minimum Gasteiger partial charge on any atom is -0.380 e. The monoisotopic (exact) mass is 617 g/mol. The van der Waals surface area contributed by atoms with Crippen LogP contribution in [0.1, 0.15) is 110 Å². The average molecular weight is 618 g/mol. The van der Waals surface area contributed by atoms with Gasteiger partial charge in [-0.1, -0.05) is 103 Å². The predicted octanol–water partition coefficient (Wildman–Crippen LogP) is 6.30. The van der Waals surface area contributed by atoms with E-state index in [0.29, 0.717) is 19.8 Å². The number of aromatic nitrogens is 4. The number of rotatable bonds is 27. The lowest BCUT2D eigenvalue weighted by molar-refractivity contribution is 0.0445. The van der Waals surface area contributed by atoms with Crippen LogP contribution in [-0.2, 0) is 20.6 Å². The Kier molecular flexibility index (Phi) is 18.8. The maximum absolute atomic E-state index is 13.3. The lowest BCUT2D eigenvalue weighted by Crippen LogP contribution is -2.23. The molecule has 0 bridgehead atoms. The van der Waals surface area contributed by atoms with Crippen LogP contribution in [0.3, 0.4) is 0 Å². The second-order valence-electron chi connectivity index (χ2n) is 11.1. The van der Waals surface area contributed by atoms with E-state index in [1.54, 1.807) is 0 Å². The molecular formula is C29H53FN5O6P. The van der Waals surface area contributed by atoms with Crippen molar-refractivity contribution in [1.82, 2.24) is 19.5 Å². The molecule has 4 N–H and O–H groups in total. The van der Waals surface area contributed by atoms with Gasteiger partial charge < -0.3 is 29.1 Å². The summed E-state index contributed by atoms with van der Waals surface area (Å²) in [5.74, 6) is 0.230. The van der Waals surface area contributed by atoms with Gasteiger partial charge in [0.05, 0.1) is 19.5 Å². The van der Waals surface area contributed by atoms with E-state index in [1.165, 1.54) is 107 Å². The Morgan fingerprint density at radius 2 is 1.52 bits per heavy atom. The molecule has 0 amide bonds. The van der Waals surface area contributed by atoms with Crippen molar-refractivity contribution in [2.75, 3.05) is 38.1 Å². The lowest BCUT2D eigenvalue weighted by atomic mass is 10.0. The van der Waals surface area contributed by atoms with Crippen molar-refractivity contribution in [3.63, 3.8) is 0 Å². The SMILES string of the molecule is CCCCCCCCCCCCCCCCCCOCCNc1nc2c(ncn2C[C@@H](CF)OCP(=O)(O)O)c(=O)[nH]1. The Morgan fingerprint density at radius 3 is 2.07 bits per heavy atom. The van der Waals surface area contributed by atoms with Crippen molar-refractivity contribution >= 4 is 24.7 Å². The van der Waals surface area contributed by atoms with E-state index in [4.69, 9.17) is 19.3 Å². The number of aromatic amines is 1. The smallest absolute Gasteiger partial charge is 0.350 e. The largest absolute Gasteiger partial charge is 0.380 e. The Bertz CT molecular complexity index is 1080. The molecule has 0 spiro atoms. The molecule has 2 heterocycles. The molecule has 2 rings (SSSR count). The molecule has 11 nitrogen and oxygen atoms in total. The van der Waals surface area contributed by atoms with Crippen LogP contribution >= 0.6 is 7.60 Å². The van der Waals surface area contributed by atoms with Crippen molar-refractivity contribution in [3.05, 3.63) is 16.7 Å². The average Bonchev–Trinajstić information content (AvgIpc) is 3.36. The van der Waals surface area contributed by atoms with Gasteiger partial charge in [0, 0.05) is 13.2 Å². The topological polar surface area (TPSA) is 152 Å². The van der Waals surface area contributed by atoms with Crippen LogP contribution in [0.4, 0.5) is 10.3 Å². The van der Waals surface area contributed by atoms with Gasteiger partial charge >= 0.3 is 7.60 Å². The molecule has 0 saturated carbocycles. The molecule has 0 unspecified atom stereocenters. The van der Waals surface area contributed by atoms with Crippen molar-refractivity contribution in [2.24, 2.45) is 0 Å². The third-order valence-electron chi connectivity index (χ3n) is 7.21. The molecule has 2 aromatic rings. The first kappa shape index (κ1) is 36.3. The minimum atomic E-state index is -4.43. The first-order valence-corrected chi connectivity index (χ1v) is 17.6. The molecule has 13 heteroatoms. The van der Waals surface area contributed by atoms with Gasteiger partial charge in [-0.05, 0) is 6.42 Å². The first-order chi connectivity index (χ1) is 20.3. The number of fused-ring (bicyclic) bond motifs is 1. The third kappa shape index (κ3) is 16.1. The van der Waals surface area contributed by atoms with Gasteiger partial charge in [0.2, 0.25) is 5.95 Å².